The second kappa shape index (κ2) is 3.15. The Morgan fingerprint density at radius 3 is 2.60 bits per heavy atom. The Labute approximate surface area is 59.7 Å². The van der Waals surface area contributed by atoms with Crippen LogP contribution < -0.4 is 0 Å². The number of hydrogen-bond donors (Lipinski definition) is 2. The van der Waals surface area contributed by atoms with E-state index in [1.54, 1.807) is 0 Å². The third-order valence-corrected chi connectivity index (χ3v) is 1.47. The molecule has 10 heavy (non-hydrogen) atoms. The van der Waals surface area contributed by atoms with Crippen molar-refractivity contribution in [2.75, 3.05) is 6.61 Å². The van der Waals surface area contributed by atoms with Crippen LogP contribution in [-0.4, -0.2) is 19.0 Å². The van der Waals surface area contributed by atoms with Crippen LogP contribution in [0.4, 0.5) is 0 Å². The predicted octanol–water partition coefficient (Wildman–Crippen LogP) is 1.35. The smallest absolute Gasteiger partial charge is 0.141 e. The topological polar surface area (TPSA) is 56.9 Å². The fourth-order valence-corrected chi connectivity index (χ4v) is 0.938. The highest BCUT2D eigenvalue weighted by molar-refractivity contribution is 5.87. The lowest BCUT2D eigenvalue weighted by atomic mass is 10.1. The first kappa shape index (κ1) is 6.99. The minimum atomic E-state index is 0.557. The van der Waals surface area contributed by atoms with Gasteiger partial charge in [-0.2, -0.15) is 0 Å². The zero-order valence-corrected chi connectivity index (χ0v) is 5.68. The van der Waals surface area contributed by atoms with E-state index in [0.29, 0.717) is 12.4 Å². The summed E-state index contributed by atoms with van der Waals surface area (Å²) in [6.45, 7) is 0.683. The fraction of sp³-hybridized carbons (Fsp3) is 0.429. The van der Waals surface area contributed by atoms with Crippen LogP contribution in [0, 0.1) is 10.8 Å². The third-order valence-electron chi connectivity index (χ3n) is 1.47. The number of nitrogens with one attached hydrogen (secondary N) is 2. The molecule has 0 atom stereocenters. The molecule has 0 bridgehead atoms. The molecule has 3 nitrogen and oxygen atoms in total. The summed E-state index contributed by atoms with van der Waals surface area (Å²) in [7, 11) is 0. The molecule has 0 aromatic rings. The molecule has 0 aromatic heterocycles. The van der Waals surface area contributed by atoms with Gasteiger partial charge in [-0.25, -0.2) is 0 Å². The van der Waals surface area contributed by atoms with Gasteiger partial charge in [0.05, 0.1) is 12.8 Å². The summed E-state index contributed by atoms with van der Waals surface area (Å²) in [4.78, 5) is 0. The summed E-state index contributed by atoms with van der Waals surface area (Å²) in [5.74, 6) is 0.557. The summed E-state index contributed by atoms with van der Waals surface area (Å²) in [6, 6.07) is 0. The van der Waals surface area contributed by atoms with Gasteiger partial charge in [0.25, 0.3) is 0 Å². The first-order chi connectivity index (χ1) is 4.88. The van der Waals surface area contributed by atoms with E-state index >= 15 is 0 Å². The largest absolute Gasteiger partial charge is 0.492 e. The maximum atomic E-state index is 6.96. The van der Waals surface area contributed by atoms with Crippen molar-refractivity contribution in [2.45, 2.75) is 12.8 Å². The maximum absolute atomic E-state index is 6.96. The van der Waals surface area contributed by atoms with Gasteiger partial charge in [-0.15, -0.1) is 0 Å². The van der Waals surface area contributed by atoms with Crippen molar-refractivity contribution < 1.29 is 4.74 Å². The highest BCUT2D eigenvalue weighted by Crippen LogP contribution is 2.14. The van der Waals surface area contributed by atoms with E-state index in [1.165, 1.54) is 12.4 Å². The fourth-order valence-electron chi connectivity index (χ4n) is 0.938. The van der Waals surface area contributed by atoms with Crippen LogP contribution in [0.15, 0.2) is 11.3 Å². The quantitative estimate of drug-likeness (QED) is 0.556. The molecule has 0 radical (unpaired) electrons. The first-order valence-electron chi connectivity index (χ1n) is 3.25. The van der Waals surface area contributed by atoms with Crippen molar-refractivity contribution in [1.82, 2.24) is 0 Å². The first-order valence-corrected chi connectivity index (χ1v) is 3.25. The average Bonchev–Trinajstić information content (AvgIpc) is 2.04. The number of ether oxygens (including phenoxy) is 1. The lowest BCUT2D eigenvalue weighted by Crippen LogP contribution is -2.07. The van der Waals surface area contributed by atoms with Crippen LogP contribution in [0.2, 0.25) is 0 Å². The summed E-state index contributed by atoms with van der Waals surface area (Å²) in [5, 5.41) is 13.9. The van der Waals surface area contributed by atoms with Crippen LogP contribution in [0.5, 0.6) is 0 Å². The molecule has 0 amide bonds. The molecule has 1 heterocycles. The van der Waals surface area contributed by atoms with Crippen molar-refractivity contribution in [2.24, 2.45) is 0 Å². The van der Waals surface area contributed by atoms with Crippen LogP contribution in [0.1, 0.15) is 12.8 Å². The Morgan fingerprint density at radius 1 is 1.30 bits per heavy atom. The van der Waals surface area contributed by atoms with Crippen LogP contribution in [0.25, 0.3) is 0 Å². The molecule has 0 spiro atoms. The molecule has 54 valence electrons. The molecule has 0 saturated carbocycles. The third kappa shape index (κ3) is 1.23. The standard InChI is InChI=1S/C7H10N2O/c8-4-6-2-1-3-10-7(6)5-9/h4-5,8-9H,1-3H2. The van der Waals surface area contributed by atoms with Crippen molar-refractivity contribution in [3.63, 3.8) is 0 Å². The summed E-state index contributed by atoms with van der Waals surface area (Å²) < 4.78 is 5.12. The minimum Gasteiger partial charge on any atom is -0.492 e. The van der Waals surface area contributed by atoms with E-state index in [-0.39, 0.29) is 0 Å². The second-order valence-corrected chi connectivity index (χ2v) is 2.13. The van der Waals surface area contributed by atoms with Crippen LogP contribution >= 0.6 is 0 Å². The SMILES string of the molecule is N=CC1=C(C=N)OCCC1. The molecule has 1 rings (SSSR count). The number of allylic oxidation sites excluding steroid dienone is 2. The van der Waals surface area contributed by atoms with E-state index in [2.05, 4.69) is 0 Å². The highest BCUT2D eigenvalue weighted by atomic mass is 16.5. The summed E-state index contributed by atoms with van der Waals surface area (Å²) in [5.41, 5.74) is 0.834. The van der Waals surface area contributed by atoms with Gasteiger partial charge in [0.2, 0.25) is 0 Å². The van der Waals surface area contributed by atoms with Gasteiger partial charge in [-0.1, -0.05) is 0 Å². The number of hydrogen-bond acceptors (Lipinski definition) is 3. The van der Waals surface area contributed by atoms with E-state index in [4.69, 9.17) is 15.6 Å². The maximum Gasteiger partial charge on any atom is 0.141 e. The van der Waals surface area contributed by atoms with Crippen molar-refractivity contribution in [1.29, 1.82) is 10.8 Å². The van der Waals surface area contributed by atoms with Gasteiger partial charge in [0.1, 0.15) is 5.76 Å². The molecule has 0 saturated heterocycles. The Balaban J connectivity index is 2.81. The predicted molar refractivity (Wildman–Crippen MR) is 39.8 cm³/mol. The molecular formula is C7H10N2O. The van der Waals surface area contributed by atoms with Crippen molar-refractivity contribution in [3.8, 4) is 0 Å². The van der Waals surface area contributed by atoms with Crippen LogP contribution in [0.3, 0.4) is 0 Å². The molecule has 0 aliphatic carbocycles. The normalized spacial score (nSPS) is 18.0. The van der Waals surface area contributed by atoms with Gasteiger partial charge < -0.3 is 15.6 Å². The second-order valence-electron chi connectivity index (χ2n) is 2.13. The van der Waals surface area contributed by atoms with E-state index in [0.717, 1.165) is 18.4 Å². The molecule has 3 heteroatoms. The molecular weight excluding hydrogens is 128 g/mol. The van der Waals surface area contributed by atoms with E-state index < -0.39 is 0 Å². The number of rotatable bonds is 2. The monoisotopic (exact) mass is 138 g/mol. The van der Waals surface area contributed by atoms with Gasteiger partial charge >= 0.3 is 0 Å². The lowest BCUT2D eigenvalue weighted by molar-refractivity contribution is 0.211. The average molecular weight is 138 g/mol. The van der Waals surface area contributed by atoms with Gasteiger partial charge in [0, 0.05) is 11.8 Å². The van der Waals surface area contributed by atoms with Crippen LogP contribution in [-0.2, 0) is 4.74 Å². The molecule has 0 aromatic carbocycles. The Bertz CT molecular complexity index is 164. The van der Waals surface area contributed by atoms with Gasteiger partial charge in [-0.05, 0) is 12.8 Å². The zero-order chi connectivity index (χ0) is 7.40. The van der Waals surface area contributed by atoms with E-state index in [1.807, 2.05) is 0 Å². The van der Waals surface area contributed by atoms with E-state index in [9.17, 15) is 0 Å². The summed E-state index contributed by atoms with van der Waals surface area (Å²) in [6.07, 6.45) is 4.26. The van der Waals surface area contributed by atoms with Gasteiger partial charge in [0.15, 0.2) is 0 Å². The highest BCUT2D eigenvalue weighted by Gasteiger charge is 2.08. The van der Waals surface area contributed by atoms with Crippen molar-refractivity contribution >= 4 is 12.4 Å². The molecule has 1 aliphatic rings. The lowest BCUT2D eigenvalue weighted by Gasteiger charge is -2.14. The van der Waals surface area contributed by atoms with Gasteiger partial charge in [-0.3, -0.25) is 0 Å². The molecule has 1 aliphatic heterocycles. The Morgan fingerprint density at radius 2 is 2.10 bits per heavy atom. The Hall–Kier alpha value is -1.12. The molecule has 0 fully saturated rings. The Kier molecular flexibility index (Phi) is 2.20. The summed E-state index contributed by atoms with van der Waals surface area (Å²) >= 11 is 0. The minimum absolute atomic E-state index is 0.557. The molecule has 2 N–H and O–H groups in total. The molecule has 0 unspecified atom stereocenters. The zero-order valence-electron chi connectivity index (χ0n) is 5.68. The van der Waals surface area contributed by atoms with Crippen molar-refractivity contribution in [3.05, 3.63) is 11.3 Å².